The van der Waals surface area contributed by atoms with E-state index in [0.717, 1.165) is 0 Å². The van der Waals surface area contributed by atoms with Crippen molar-refractivity contribution in [2.75, 3.05) is 19.5 Å². The minimum absolute atomic E-state index is 0.117. The second-order valence-corrected chi connectivity index (χ2v) is 5.56. The summed E-state index contributed by atoms with van der Waals surface area (Å²) in [5.41, 5.74) is 0.511. The zero-order chi connectivity index (χ0) is 19.2. The van der Waals surface area contributed by atoms with E-state index in [1.807, 2.05) is 0 Å². The molecule has 0 aliphatic heterocycles. The second-order valence-electron chi connectivity index (χ2n) is 5.56. The number of anilines is 1. The molecule has 0 radical (unpaired) electrons. The lowest BCUT2D eigenvalue weighted by atomic mass is 10.2. The molecule has 0 aliphatic rings. The number of methoxy groups -OCH3 is 2. The number of nitrogens with one attached hydrogen (secondary N) is 1. The molecule has 1 N–H and O–H groups in total. The maximum atomic E-state index is 12.9. The minimum atomic E-state index is -0.418. The van der Waals surface area contributed by atoms with Crippen molar-refractivity contribution in [1.82, 2.24) is 0 Å². The molecule has 1 aromatic heterocycles. The van der Waals surface area contributed by atoms with Crippen molar-refractivity contribution >= 4 is 11.6 Å². The van der Waals surface area contributed by atoms with Crippen LogP contribution >= 0.6 is 0 Å². The molecule has 27 heavy (non-hydrogen) atoms. The lowest BCUT2D eigenvalue weighted by molar-refractivity contribution is 0.0992. The van der Waals surface area contributed by atoms with Crippen molar-refractivity contribution in [3.63, 3.8) is 0 Å². The number of rotatable bonds is 7. The van der Waals surface area contributed by atoms with Crippen LogP contribution in [0.1, 0.15) is 16.3 Å². The van der Waals surface area contributed by atoms with Crippen LogP contribution < -0.4 is 19.5 Å². The van der Waals surface area contributed by atoms with Crippen LogP contribution in [0.25, 0.3) is 0 Å². The number of carbonyl (C=O) groups excluding carboxylic acids is 1. The molecule has 0 unspecified atom stereocenters. The molecule has 0 saturated carbocycles. The van der Waals surface area contributed by atoms with E-state index in [9.17, 15) is 9.18 Å². The summed E-state index contributed by atoms with van der Waals surface area (Å²) in [6, 6.07) is 13.9. The largest absolute Gasteiger partial charge is 0.497 e. The van der Waals surface area contributed by atoms with Gasteiger partial charge in [0.1, 0.15) is 35.4 Å². The van der Waals surface area contributed by atoms with Gasteiger partial charge in [-0.3, -0.25) is 4.79 Å². The SMILES string of the molecule is COc1cc(NC(=O)c2ccc(COc3ccc(F)cc3)o2)cc(OC)c1. The summed E-state index contributed by atoms with van der Waals surface area (Å²) >= 11 is 0. The Morgan fingerprint density at radius 1 is 0.963 bits per heavy atom. The van der Waals surface area contributed by atoms with Crippen LogP contribution in [0.5, 0.6) is 17.2 Å². The molecule has 140 valence electrons. The van der Waals surface area contributed by atoms with Gasteiger partial charge in [0, 0.05) is 23.9 Å². The van der Waals surface area contributed by atoms with E-state index in [2.05, 4.69) is 5.32 Å². The third-order valence-electron chi connectivity index (χ3n) is 3.69. The molecule has 2 aromatic carbocycles. The number of benzene rings is 2. The van der Waals surface area contributed by atoms with E-state index >= 15 is 0 Å². The fourth-order valence-corrected chi connectivity index (χ4v) is 2.34. The van der Waals surface area contributed by atoms with Crippen LogP contribution in [0.4, 0.5) is 10.1 Å². The molecular weight excluding hydrogens is 353 g/mol. The number of hydrogen-bond acceptors (Lipinski definition) is 5. The molecule has 3 aromatic rings. The van der Waals surface area contributed by atoms with Gasteiger partial charge in [-0.1, -0.05) is 0 Å². The van der Waals surface area contributed by atoms with Gasteiger partial charge >= 0.3 is 0 Å². The molecular formula is C20H18FNO5. The van der Waals surface area contributed by atoms with E-state index in [-0.39, 0.29) is 18.2 Å². The van der Waals surface area contributed by atoms with Crippen LogP contribution in [0, 0.1) is 5.82 Å². The number of hydrogen-bond donors (Lipinski definition) is 1. The van der Waals surface area contributed by atoms with E-state index in [1.54, 1.807) is 30.3 Å². The first-order chi connectivity index (χ1) is 13.1. The molecule has 0 spiro atoms. The Morgan fingerprint density at radius 2 is 1.63 bits per heavy atom. The van der Waals surface area contributed by atoms with Crippen molar-refractivity contribution in [2.24, 2.45) is 0 Å². The predicted octanol–water partition coefficient (Wildman–Crippen LogP) is 4.27. The zero-order valence-electron chi connectivity index (χ0n) is 14.8. The highest BCUT2D eigenvalue weighted by molar-refractivity contribution is 6.02. The van der Waals surface area contributed by atoms with Gasteiger partial charge in [0.15, 0.2) is 5.76 Å². The summed E-state index contributed by atoms with van der Waals surface area (Å²) in [4.78, 5) is 12.4. The highest BCUT2D eigenvalue weighted by Gasteiger charge is 2.13. The number of halogens is 1. The molecule has 0 aliphatic carbocycles. The Labute approximate surface area is 155 Å². The molecule has 1 heterocycles. The van der Waals surface area contributed by atoms with Crippen molar-refractivity contribution in [3.8, 4) is 17.2 Å². The smallest absolute Gasteiger partial charge is 0.291 e. The van der Waals surface area contributed by atoms with Crippen molar-refractivity contribution in [3.05, 3.63) is 71.9 Å². The molecule has 0 atom stereocenters. The van der Waals surface area contributed by atoms with E-state index in [4.69, 9.17) is 18.6 Å². The molecule has 0 fully saturated rings. The van der Waals surface area contributed by atoms with Crippen LogP contribution in [0.2, 0.25) is 0 Å². The molecule has 1 amide bonds. The summed E-state index contributed by atoms with van der Waals surface area (Å²) < 4.78 is 34.2. The standard InChI is InChI=1S/C20H18FNO5/c1-24-17-9-14(10-18(11-17)25-2)22-20(23)19-8-7-16(27-19)12-26-15-5-3-13(21)4-6-15/h3-11H,12H2,1-2H3,(H,22,23). The molecule has 6 nitrogen and oxygen atoms in total. The fourth-order valence-electron chi connectivity index (χ4n) is 2.34. The van der Waals surface area contributed by atoms with Gasteiger partial charge in [0.25, 0.3) is 5.91 Å². The summed E-state index contributed by atoms with van der Waals surface area (Å²) in [6.07, 6.45) is 0. The Balaban J connectivity index is 1.63. The third kappa shape index (κ3) is 4.78. The molecule has 0 saturated heterocycles. The minimum Gasteiger partial charge on any atom is -0.497 e. The van der Waals surface area contributed by atoms with E-state index < -0.39 is 5.91 Å². The summed E-state index contributed by atoms with van der Waals surface area (Å²) in [6.45, 7) is 0.117. The van der Waals surface area contributed by atoms with Gasteiger partial charge in [0.2, 0.25) is 0 Å². The number of furan rings is 1. The van der Waals surface area contributed by atoms with Gasteiger partial charge in [0.05, 0.1) is 14.2 Å². The first-order valence-electron chi connectivity index (χ1n) is 8.09. The zero-order valence-corrected chi connectivity index (χ0v) is 14.8. The quantitative estimate of drug-likeness (QED) is 0.672. The monoisotopic (exact) mass is 371 g/mol. The van der Waals surface area contributed by atoms with Gasteiger partial charge < -0.3 is 23.9 Å². The number of carbonyl (C=O) groups is 1. The maximum absolute atomic E-state index is 12.9. The highest BCUT2D eigenvalue weighted by atomic mass is 19.1. The van der Waals surface area contributed by atoms with E-state index in [0.29, 0.717) is 28.7 Å². The van der Waals surface area contributed by atoms with Gasteiger partial charge in [-0.05, 0) is 36.4 Å². The normalized spacial score (nSPS) is 10.3. The van der Waals surface area contributed by atoms with Crippen LogP contribution in [-0.4, -0.2) is 20.1 Å². The summed E-state index contributed by atoms with van der Waals surface area (Å²) in [5, 5.41) is 2.73. The number of ether oxygens (including phenoxy) is 3. The fraction of sp³-hybridized carbons (Fsp3) is 0.150. The predicted molar refractivity (Wildman–Crippen MR) is 96.9 cm³/mol. The Hall–Kier alpha value is -3.48. The third-order valence-corrected chi connectivity index (χ3v) is 3.69. The summed E-state index contributed by atoms with van der Waals surface area (Å²) in [7, 11) is 3.06. The molecule has 7 heteroatoms. The number of amides is 1. The van der Waals surface area contributed by atoms with Crippen molar-refractivity contribution < 1.29 is 27.8 Å². The molecule has 3 rings (SSSR count). The van der Waals surface area contributed by atoms with Crippen LogP contribution in [-0.2, 0) is 6.61 Å². The van der Waals surface area contributed by atoms with E-state index in [1.165, 1.54) is 38.5 Å². The Kier molecular flexibility index (Phi) is 5.61. The van der Waals surface area contributed by atoms with Crippen molar-refractivity contribution in [1.29, 1.82) is 0 Å². The van der Waals surface area contributed by atoms with Gasteiger partial charge in [-0.15, -0.1) is 0 Å². The maximum Gasteiger partial charge on any atom is 0.291 e. The second kappa shape index (κ2) is 8.27. The molecule has 0 bridgehead atoms. The lowest BCUT2D eigenvalue weighted by Crippen LogP contribution is -2.11. The first kappa shape index (κ1) is 18.3. The van der Waals surface area contributed by atoms with Crippen LogP contribution in [0.15, 0.2) is 59.0 Å². The highest BCUT2D eigenvalue weighted by Crippen LogP contribution is 2.26. The Bertz CT molecular complexity index is 898. The van der Waals surface area contributed by atoms with Gasteiger partial charge in [-0.2, -0.15) is 0 Å². The van der Waals surface area contributed by atoms with Crippen molar-refractivity contribution in [2.45, 2.75) is 6.61 Å². The lowest BCUT2D eigenvalue weighted by Gasteiger charge is -2.09. The first-order valence-corrected chi connectivity index (χ1v) is 8.09. The summed E-state index contributed by atoms with van der Waals surface area (Å²) in [5.74, 6) is 1.45. The average molecular weight is 371 g/mol. The van der Waals surface area contributed by atoms with Crippen LogP contribution in [0.3, 0.4) is 0 Å². The topological polar surface area (TPSA) is 69.9 Å². The average Bonchev–Trinajstić information content (AvgIpc) is 3.16. The van der Waals surface area contributed by atoms with Gasteiger partial charge in [-0.25, -0.2) is 4.39 Å². The Morgan fingerprint density at radius 3 is 2.26 bits per heavy atom.